The number of nitrogens with zero attached hydrogens (tertiary/aromatic N) is 7. The average molecular weight is 739 g/mol. The molecule has 18 heteroatoms. The van der Waals surface area contributed by atoms with Gasteiger partial charge in [-0.25, -0.2) is 9.97 Å². The van der Waals surface area contributed by atoms with Crippen LogP contribution in [-0.4, -0.2) is 92.2 Å². The van der Waals surface area contributed by atoms with Gasteiger partial charge in [-0.2, -0.15) is 18.7 Å². The molecule has 14 nitrogen and oxygen atoms in total. The van der Waals surface area contributed by atoms with Gasteiger partial charge in [-0.15, -0.1) is 22.7 Å². The summed E-state index contributed by atoms with van der Waals surface area (Å²) in [6.45, 7) is 3.65. The Hall–Kier alpha value is -3.62. The van der Waals surface area contributed by atoms with E-state index in [4.69, 9.17) is 19.9 Å². The van der Waals surface area contributed by atoms with Crippen molar-refractivity contribution in [1.82, 2.24) is 28.7 Å². The maximum Gasteiger partial charge on any atom is 0.233 e. The number of aliphatic hydroxyl groups is 4. The van der Waals surface area contributed by atoms with E-state index in [1.807, 2.05) is 53.8 Å². The van der Waals surface area contributed by atoms with Crippen molar-refractivity contribution in [3.05, 3.63) is 46.4 Å². The van der Waals surface area contributed by atoms with Gasteiger partial charge in [-0.05, 0) is 91.2 Å². The van der Waals surface area contributed by atoms with Crippen LogP contribution in [0.2, 0.25) is 0 Å². The maximum absolute atomic E-state index is 11.7. The lowest BCUT2D eigenvalue weighted by Gasteiger charge is -2.30. The van der Waals surface area contributed by atoms with E-state index >= 15 is 0 Å². The second-order valence-corrected chi connectivity index (χ2v) is 16.0. The Morgan fingerprint density at radius 3 is 2.20 bits per heavy atom. The molecule has 0 radical (unpaired) electrons. The lowest BCUT2D eigenvalue weighted by molar-refractivity contribution is 0.00446. The number of aromatic nitrogens is 6. The summed E-state index contributed by atoms with van der Waals surface area (Å²) in [5, 5.41) is 58.4. The van der Waals surface area contributed by atoms with Crippen LogP contribution in [0, 0.1) is 19.8 Å². The van der Waals surface area contributed by atoms with Gasteiger partial charge >= 0.3 is 0 Å². The first kappa shape index (κ1) is 32.6. The van der Waals surface area contributed by atoms with Gasteiger partial charge in [0.1, 0.15) is 27.7 Å². The Labute approximate surface area is 296 Å². The number of nitrogens with one attached hydrogen (secondary N) is 3. The summed E-state index contributed by atoms with van der Waals surface area (Å²) in [7, 11) is 0. The third kappa shape index (κ3) is 6.31. The molecule has 6 aromatic heterocycles. The Morgan fingerprint density at radius 1 is 0.816 bits per heavy atom. The van der Waals surface area contributed by atoms with E-state index in [9.17, 15) is 20.4 Å². The summed E-state index contributed by atoms with van der Waals surface area (Å²) in [4.78, 5) is 21.4. The van der Waals surface area contributed by atoms with E-state index < -0.39 is 36.3 Å². The van der Waals surface area contributed by atoms with Crippen molar-refractivity contribution in [2.24, 2.45) is 5.92 Å². The SMILES string of the molecule is Cc1cc(Nc2nc(N[C@H]3CC(N(c4nc(N[C@@H]5C[C@H](CO)[C@@H](O)[C@H]5O)c5sccc5n4)c4cc(C)ns4)[C@@H](O)C3)c3sccc3n2)sn1. The molecule has 6 aromatic rings. The molecular weight excluding hydrogens is 705 g/mol. The van der Waals surface area contributed by atoms with E-state index in [2.05, 4.69) is 24.7 Å². The highest BCUT2D eigenvalue weighted by molar-refractivity contribution is 7.18. The predicted molar refractivity (Wildman–Crippen MR) is 195 cm³/mol. The molecule has 7 N–H and O–H groups in total. The normalized spacial score (nSPS) is 25.4. The van der Waals surface area contributed by atoms with E-state index in [1.165, 1.54) is 34.4 Å². The number of fused-ring (bicyclic) bond motifs is 2. The zero-order valence-electron chi connectivity index (χ0n) is 26.4. The molecule has 256 valence electrons. The number of hydrogen-bond acceptors (Lipinski definition) is 18. The molecule has 8 rings (SSSR count). The number of anilines is 6. The molecule has 0 bridgehead atoms. The van der Waals surface area contributed by atoms with E-state index in [-0.39, 0.29) is 12.6 Å². The van der Waals surface area contributed by atoms with Crippen LogP contribution >= 0.6 is 45.7 Å². The van der Waals surface area contributed by atoms with Crippen molar-refractivity contribution < 1.29 is 20.4 Å². The van der Waals surface area contributed by atoms with Crippen molar-refractivity contribution >= 4 is 99.7 Å². The van der Waals surface area contributed by atoms with Gasteiger partial charge in [-0.1, -0.05) is 0 Å². The Bertz CT molecular complexity index is 2100. The third-order valence-electron chi connectivity index (χ3n) is 9.05. The monoisotopic (exact) mass is 738 g/mol. The van der Waals surface area contributed by atoms with Crippen LogP contribution in [0.4, 0.5) is 33.5 Å². The Kier molecular flexibility index (Phi) is 8.81. The van der Waals surface area contributed by atoms with Crippen molar-refractivity contribution in [1.29, 1.82) is 0 Å². The van der Waals surface area contributed by atoms with Crippen LogP contribution < -0.4 is 20.9 Å². The van der Waals surface area contributed by atoms with Crippen molar-refractivity contribution in [3.63, 3.8) is 0 Å². The lowest BCUT2D eigenvalue weighted by atomic mass is 10.1. The molecule has 1 unspecified atom stereocenters. The van der Waals surface area contributed by atoms with Crippen LogP contribution in [0.5, 0.6) is 0 Å². The molecule has 2 aliphatic carbocycles. The molecule has 0 spiro atoms. The standard InChI is InChI=1S/C31H34N10O4S4/c1-13-7-22(48-39-13)36-30-34-17-3-5-46-26(17)28(37-30)32-16-10-20(21(43)11-16)41(23-8-14(2)40-49-23)31-35-18-4-6-47-27(18)29(38-31)33-19-9-15(12-42)24(44)25(19)45/h3-8,15-16,19-21,24-25,42-45H,9-12H2,1-2H3,(H,33,35,38)(H2,32,34,36,37)/t15-,16+,19-,20?,21+,24-,25+/m1/s1. The molecule has 7 atom stereocenters. The lowest BCUT2D eigenvalue weighted by Crippen LogP contribution is -2.38. The highest BCUT2D eigenvalue weighted by atomic mass is 32.1. The second kappa shape index (κ2) is 13.3. The zero-order valence-corrected chi connectivity index (χ0v) is 29.7. The predicted octanol–water partition coefficient (Wildman–Crippen LogP) is 4.63. The topological polar surface area (TPSA) is 198 Å². The fourth-order valence-corrected chi connectivity index (χ4v) is 9.73. The first-order chi connectivity index (χ1) is 23.7. The van der Waals surface area contributed by atoms with E-state index in [0.717, 1.165) is 41.8 Å². The molecule has 2 saturated carbocycles. The molecule has 0 saturated heterocycles. The molecule has 2 aliphatic rings. The van der Waals surface area contributed by atoms with Crippen LogP contribution in [-0.2, 0) is 0 Å². The summed E-state index contributed by atoms with van der Waals surface area (Å²) < 4.78 is 10.6. The van der Waals surface area contributed by atoms with Crippen LogP contribution in [0.25, 0.3) is 20.4 Å². The Morgan fingerprint density at radius 2 is 1.53 bits per heavy atom. The maximum atomic E-state index is 11.7. The van der Waals surface area contributed by atoms with Crippen LogP contribution in [0.15, 0.2) is 35.0 Å². The fraction of sp³-hybridized carbons (Fsp3) is 0.419. The van der Waals surface area contributed by atoms with Gasteiger partial charge in [0.15, 0.2) is 0 Å². The average Bonchev–Trinajstić information content (AvgIpc) is 3.93. The largest absolute Gasteiger partial charge is 0.396 e. The van der Waals surface area contributed by atoms with Crippen molar-refractivity contribution in [2.45, 2.75) is 69.5 Å². The number of rotatable bonds is 10. The van der Waals surface area contributed by atoms with Gasteiger partial charge in [0.05, 0.1) is 56.1 Å². The highest BCUT2D eigenvalue weighted by Gasteiger charge is 2.43. The second-order valence-electron chi connectivity index (χ2n) is 12.5. The number of hydrogen-bond donors (Lipinski definition) is 7. The first-order valence-electron chi connectivity index (χ1n) is 15.9. The van der Waals surface area contributed by atoms with Gasteiger partial charge in [0.25, 0.3) is 0 Å². The number of aryl methyl sites for hydroxylation is 2. The first-order valence-corrected chi connectivity index (χ1v) is 19.2. The fourth-order valence-electron chi connectivity index (χ4n) is 6.69. The molecule has 0 amide bonds. The minimum absolute atomic E-state index is 0.122. The summed E-state index contributed by atoms with van der Waals surface area (Å²) in [6, 6.07) is 6.78. The minimum Gasteiger partial charge on any atom is -0.396 e. The molecule has 2 fully saturated rings. The van der Waals surface area contributed by atoms with Gasteiger partial charge in [0, 0.05) is 18.6 Å². The summed E-state index contributed by atoms with van der Waals surface area (Å²) in [5.41, 5.74) is 3.31. The molecule has 0 aromatic carbocycles. The molecular formula is C31H34N10O4S4. The number of thiophene rings is 2. The van der Waals surface area contributed by atoms with Crippen molar-refractivity contribution in [3.8, 4) is 0 Å². The van der Waals surface area contributed by atoms with Crippen LogP contribution in [0.1, 0.15) is 30.7 Å². The quantitative estimate of drug-likeness (QED) is 0.103. The van der Waals surface area contributed by atoms with E-state index in [1.54, 1.807) is 11.3 Å². The highest BCUT2D eigenvalue weighted by Crippen LogP contribution is 2.41. The van der Waals surface area contributed by atoms with Gasteiger partial charge in [-0.3, -0.25) is 4.90 Å². The summed E-state index contributed by atoms with van der Waals surface area (Å²) >= 11 is 5.71. The number of aliphatic hydroxyl groups excluding tert-OH is 4. The van der Waals surface area contributed by atoms with Gasteiger partial charge < -0.3 is 36.4 Å². The van der Waals surface area contributed by atoms with Crippen molar-refractivity contribution in [2.75, 3.05) is 27.5 Å². The third-order valence-corrected chi connectivity index (χ3v) is 12.6. The van der Waals surface area contributed by atoms with Gasteiger partial charge in [0.2, 0.25) is 11.9 Å². The van der Waals surface area contributed by atoms with E-state index in [0.29, 0.717) is 42.8 Å². The Balaban J connectivity index is 1.10. The summed E-state index contributed by atoms with van der Waals surface area (Å²) in [5.74, 6) is 1.65. The smallest absolute Gasteiger partial charge is 0.233 e. The molecule has 6 heterocycles. The zero-order chi connectivity index (χ0) is 33.8. The molecule has 49 heavy (non-hydrogen) atoms. The molecule has 0 aliphatic heterocycles. The van der Waals surface area contributed by atoms with Crippen LogP contribution in [0.3, 0.4) is 0 Å². The minimum atomic E-state index is -1.06. The summed E-state index contributed by atoms with van der Waals surface area (Å²) in [6.07, 6.45) is -1.41.